The van der Waals surface area contributed by atoms with Crippen molar-refractivity contribution in [2.75, 3.05) is 11.9 Å². The Hall–Kier alpha value is -3.08. The number of aromatic nitrogens is 2. The van der Waals surface area contributed by atoms with Crippen molar-refractivity contribution in [1.82, 2.24) is 9.78 Å². The number of hydrogen-bond donors (Lipinski definition) is 1. The van der Waals surface area contributed by atoms with E-state index < -0.39 is 0 Å². The molecule has 3 aromatic rings. The highest BCUT2D eigenvalue weighted by atomic mass is 16.5. The van der Waals surface area contributed by atoms with E-state index in [0.717, 1.165) is 17.0 Å². The molecular formula is C20H21N3O2. The molecule has 1 aromatic heterocycles. The lowest BCUT2D eigenvalue weighted by atomic mass is 10.2. The third kappa shape index (κ3) is 4.70. The lowest BCUT2D eigenvalue weighted by Crippen LogP contribution is -2.12. The van der Waals surface area contributed by atoms with Gasteiger partial charge in [0.25, 0.3) is 0 Å². The highest BCUT2D eigenvalue weighted by Gasteiger charge is 2.06. The van der Waals surface area contributed by atoms with Crippen LogP contribution in [0.15, 0.2) is 67.0 Å². The third-order valence-electron chi connectivity index (χ3n) is 3.79. The summed E-state index contributed by atoms with van der Waals surface area (Å²) in [7, 11) is 0. The number of carbonyl (C=O) groups is 1. The van der Waals surface area contributed by atoms with Gasteiger partial charge in [0.15, 0.2) is 0 Å². The van der Waals surface area contributed by atoms with Crippen LogP contribution in [0.1, 0.15) is 18.4 Å². The largest absolute Gasteiger partial charge is 0.493 e. The molecule has 2 aromatic carbocycles. The first kappa shape index (κ1) is 16.8. The number of anilines is 1. The van der Waals surface area contributed by atoms with Crippen molar-refractivity contribution in [3.05, 3.63) is 72.6 Å². The summed E-state index contributed by atoms with van der Waals surface area (Å²) in [5.74, 6) is 0.827. The topological polar surface area (TPSA) is 56.1 Å². The van der Waals surface area contributed by atoms with Crippen molar-refractivity contribution >= 4 is 11.6 Å². The van der Waals surface area contributed by atoms with Crippen LogP contribution in [0.3, 0.4) is 0 Å². The van der Waals surface area contributed by atoms with E-state index in [1.807, 2.05) is 61.5 Å². The van der Waals surface area contributed by atoms with E-state index in [-0.39, 0.29) is 5.91 Å². The van der Waals surface area contributed by atoms with Gasteiger partial charge in [0, 0.05) is 6.42 Å². The molecule has 0 unspecified atom stereocenters. The van der Waals surface area contributed by atoms with Crippen molar-refractivity contribution in [2.45, 2.75) is 19.8 Å². The number of rotatable bonds is 7. The Morgan fingerprint density at radius 1 is 1.12 bits per heavy atom. The van der Waals surface area contributed by atoms with Crippen LogP contribution in [0.4, 0.5) is 5.69 Å². The first-order valence-electron chi connectivity index (χ1n) is 8.31. The van der Waals surface area contributed by atoms with Gasteiger partial charge in [0.2, 0.25) is 5.91 Å². The predicted octanol–water partition coefficient (Wildman–Crippen LogP) is 3.98. The minimum atomic E-state index is -0.0407. The van der Waals surface area contributed by atoms with Crippen LogP contribution < -0.4 is 10.1 Å². The quantitative estimate of drug-likeness (QED) is 0.665. The molecule has 1 amide bonds. The molecule has 128 valence electrons. The van der Waals surface area contributed by atoms with Gasteiger partial charge in [-0.25, -0.2) is 4.68 Å². The minimum absolute atomic E-state index is 0.0407. The highest BCUT2D eigenvalue weighted by Crippen LogP contribution is 2.16. The van der Waals surface area contributed by atoms with Gasteiger partial charge >= 0.3 is 0 Å². The zero-order valence-electron chi connectivity index (χ0n) is 14.2. The number of aryl methyl sites for hydroxylation is 1. The molecular weight excluding hydrogens is 314 g/mol. The monoisotopic (exact) mass is 335 g/mol. The molecule has 5 heteroatoms. The van der Waals surface area contributed by atoms with Crippen LogP contribution in [0.5, 0.6) is 5.75 Å². The van der Waals surface area contributed by atoms with Crippen LogP contribution >= 0.6 is 0 Å². The second-order valence-corrected chi connectivity index (χ2v) is 5.77. The molecule has 1 N–H and O–H groups in total. The predicted molar refractivity (Wildman–Crippen MR) is 98.1 cm³/mol. The minimum Gasteiger partial charge on any atom is -0.493 e. The number of ether oxygens (including phenoxy) is 1. The molecule has 0 saturated heterocycles. The molecule has 0 spiro atoms. The maximum absolute atomic E-state index is 12.0. The van der Waals surface area contributed by atoms with Gasteiger partial charge in [-0.05, 0) is 37.1 Å². The van der Waals surface area contributed by atoms with E-state index in [9.17, 15) is 4.79 Å². The summed E-state index contributed by atoms with van der Waals surface area (Å²) < 4.78 is 7.44. The van der Waals surface area contributed by atoms with E-state index in [1.54, 1.807) is 17.1 Å². The Bertz CT molecular complexity index is 828. The fourth-order valence-electron chi connectivity index (χ4n) is 2.47. The number of nitrogens with one attached hydrogen (secondary N) is 1. The summed E-state index contributed by atoms with van der Waals surface area (Å²) in [6, 6.07) is 17.6. The summed E-state index contributed by atoms with van der Waals surface area (Å²) in [5, 5.41) is 7.13. The van der Waals surface area contributed by atoms with Crippen molar-refractivity contribution in [3.8, 4) is 11.4 Å². The SMILES string of the molecule is Cc1ccccc1OCCCC(=O)Nc1cnn(-c2ccccc2)c1. The van der Waals surface area contributed by atoms with E-state index in [1.165, 1.54) is 0 Å². The van der Waals surface area contributed by atoms with Crippen LogP contribution in [0.25, 0.3) is 5.69 Å². The zero-order valence-corrected chi connectivity index (χ0v) is 14.2. The van der Waals surface area contributed by atoms with E-state index in [2.05, 4.69) is 10.4 Å². The molecule has 25 heavy (non-hydrogen) atoms. The van der Waals surface area contributed by atoms with Gasteiger partial charge in [-0.1, -0.05) is 36.4 Å². The first-order valence-corrected chi connectivity index (χ1v) is 8.31. The van der Waals surface area contributed by atoms with Crippen LogP contribution in [-0.2, 0) is 4.79 Å². The molecule has 0 atom stereocenters. The molecule has 0 aliphatic heterocycles. The Balaban J connectivity index is 1.44. The van der Waals surface area contributed by atoms with E-state index >= 15 is 0 Å². The summed E-state index contributed by atoms with van der Waals surface area (Å²) >= 11 is 0. The van der Waals surface area contributed by atoms with E-state index in [0.29, 0.717) is 25.1 Å². The lowest BCUT2D eigenvalue weighted by Gasteiger charge is -2.08. The number of carbonyl (C=O) groups excluding carboxylic acids is 1. The molecule has 0 aliphatic rings. The van der Waals surface area contributed by atoms with E-state index in [4.69, 9.17) is 4.74 Å². The number of amides is 1. The summed E-state index contributed by atoms with van der Waals surface area (Å²) in [6.45, 7) is 2.52. The molecule has 0 radical (unpaired) electrons. The van der Waals surface area contributed by atoms with Gasteiger partial charge < -0.3 is 10.1 Å². The second kappa shape index (κ2) is 8.15. The van der Waals surface area contributed by atoms with Gasteiger partial charge in [0.05, 0.1) is 30.4 Å². The van der Waals surface area contributed by atoms with Crippen LogP contribution in [0.2, 0.25) is 0 Å². The fraction of sp³-hybridized carbons (Fsp3) is 0.200. The number of hydrogen-bond acceptors (Lipinski definition) is 3. The Labute approximate surface area is 147 Å². The molecule has 0 fully saturated rings. The summed E-state index contributed by atoms with van der Waals surface area (Å²) in [4.78, 5) is 12.0. The maximum Gasteiger partial charge on any atom is 0.224 e. The van der Waals surface area contributed by atoms with Crippen molar-refractivity contribution in [2.24, 2.45) is 0 Å². The molecule has 5 nitrogen and oxygen atoms in total. The Morgan fingerprint density at radius 3 is 2.68 bits per heavy atom. The second-order valence-electron chi connectivity index (χ2n) is 5.77. The highest BCUT2D eigenvalue weighted by molar-refractivity contribution is 5.90. The number of benzene rings is 2. The Kier molecular flexibility index (Phi) is 5.46. The smallest absolute Gasteiger partial charge is 0.224 e. The van der Waals surface area contributed by atoms with Gasteiger partial charge in [-0.2, -0.15) is 5.10 Å². The summed E-state index contributed by atoms with van der Waals surface area (Å²) in [5.41, 5.74) is 2.74. The van der Waals surface area contributed by atoms with Gasteiger partial charge in [0.1, 0.15) is 5.75 Å². The third-order valence-corrected chi connectivity index (χ3v) is 3.79. The normalized spacial score (nSPS) is 10.4. The van der Waals surface area contributed by atoms with Crippen LogP contribution in [-0.4, -0.2) is 22.3 Å². The molecule has 1 heterocycles. The first-order chi connectivity index (χ1) is 12.2. The maximum atomic E-state index is 12.0. The zero-order chi connectivity index (χ0) is 17.5. The molecule has 0 bridgehead atoms. The average molecular weight is 335 g/mol. The molecule has 3 rings (SSSR count). The fourth-order valence-corrected chi connectivity index (χ4v) is 2.47. The van der Waals surface area contributed by atoms with Crippen molar-refractivity contribution in [3.63, 3.8) is 0 Å². The van der Waals surface area contributed by atoms with Crippen molar-refractivity contribution in [1.29, 1.82) is 0 Å². The lowest BCUT2D eigenvalue weighted by molar-refractivity contribution is -0.116. The number of nitrogens with zero attached hydrogens (tertiary/aromatic N) is 2. The average Bonchev–Trinajstić information content (AvgIpc) is 3.09. The standard InChI is InChI=1S/C20H21N3O2/c1-16-8-5-6-11-19(16)25-13-7-12-20(24)22-17-14-21-23(15-17)18-9-3-2-4-10-18/h2-6,8-11,14-15H,7,12-13H2,1H3,(H,22,24). The molecule has 0 aliphatic carbocycles. The summed E-state index contributed by atoms with van der Waals surface area (Å²) in [6.07, 6.45) is 4.52. The van der Waals surface area contributed by atoms with Crippen molar-refractivity contribution < 1.29 is 9.53 Å². The number of para-hydroxylation sites is 2. The Morgan fingerprint density at radius 2 is 1.88 bits per heavy atom. The molecule has 0 saturated carbocycles. The van der Waals surface area contributed by atoms with Crippen LogP contribution in [0, 0.1) is 6.92 Å². The van der Waals surface area contributed by atoms with Gasteiger partial charge in [-0.3, -0.25) is 4.79 Å². The van der Waals surface area contributed by atoms with Gasteiger partial charge in [-0.15, -0.1) is 0 Å².